The lowest BCUT2D eigenvalue weighted by atomic mass is 9.92. The molecule has 0 bridgehead atoms. The van der Waals surface area contributed by atoms with E-state index in [2.05, 4.69) is 28.4 Å². The second-order valence-corrected chi connectivity index (χ2v) is 14.9. The fourth-order valence-electron chi connectivity index (χ4n) is 7.78. The zero-order valence-corrected chi connectivity index (χ0v) is 30.4. The molecule has 0 aromatic heterocycles. The van der Waals surface area contributed by atoms with Gasteiger partial charge < -0.3 is 30.7 Å². The van der Waals surface area contributed by atoms with Crippen molar-refractivity contribution in [2.24, 2.45) is 5.92 Å². The number of alkyl halides is 3. The van der Waals surface area contributed by atoms with Gasteiger partial charge in [0.15, 0.2) is 0 Å². The number of halogens is 4. The molecule has 0 radical (unpaired) electrons. The summed E-state index contributed by atoms with van der Waals surface area (Å²) in [4.78, 5) is 48.7. The van der Waals surface area contributed by atoms with E-state index in [4.69, 9.17) is 17.3 Å². The summed E-state index contributed by atoms with van der Waals surface area (Å²) in [6, 6.07) is 16.2. The van der Waals surface area contributed by atoms with Gasteiger partial charge in [0.2, 0.25) is 11.8 Å². The number of fused-ring (bicyclic) bond motifs is 2. The highest BCUT2D eigenvalue weighted by Crippen LogP contribution is 2.38. The van der Waals surface area contributed by atoms with E-state index < -0.39 is 23.3 Å². The molecule has 4 amide bonds. The Labute approximate surface area is 307 Å². The normalized spacial score (nSPS) is 17.6. The number of nitrogens with zero attached hydrogens (tertiary/aromatic N) is 4. The maximum Gasteiger partial charge on any atom is 0.418 e. The summed E-state index contributed by atoms with van der Waals surface area (Å²) in [6.07, 6.45) is -1.85. The van der Waals surface area contributed by atoms with E-state index >= 15 is 0 Å². The van der Waals surface area contributed by atoms with Crippen LogP contribution in [0.2, 0.25) is 5.02 Å². The number of urea groups is 1. The molecule has 3 aliphatic rings. The SMILES string of the molecule is CN(C)Cc1ccc2c(c1)CCN(C(=O)[C@H](CC(=O)N1CCC(N3CCc4ccccc4NC3=O)CC1)Cc1cc(Cl)c(N)c(C(F)(F)F)c1)CC2. The molecular weight excluding hydrogens is 693 g/mol. The number of para-hydroxylation sites is 1. The highest BCUT2D eigenvalue weighted by Gasteiger charge is 2.37. The van der Waals surface area contributed by atoms with E-state index in [0.717, 1.165) is 35.8 Å². The maximum atomic E-state index is 14.3. The minimum absolute atomic E-state index is 0.0505. The van der Waals surface area contributed by atoms with Crippen molar-refractivity contribution >= 4 is 40.8 Å². The molecule has 1 fully saturated rings. The second kappa shape index (κ2) is 15.8. The zero-order valence-electron chi connectivity index (χ0n) is 29.6. The van der Waals surface area contributed by atoms with Gasteiger partial charge in [0, 0.05) is 57.4 Å². The number of anilines is 2. The van der Waals surface area contributed by atoms with Crippen molar-refractivity contribution in [3.63, 3.8) is 0 Å². The summed E-state index contributed by atoms with van der Waals surface area (Å²) >= 11 is 6.18. The molecule has 1 atom stereocenters. The van der Waals surface area contributed by atoms with Gasteiger partial charge in [-0.3, -0.25) is 9.59 Å². The number of nitrogens with two attached hydrogens (primary N) is 1. The molecule has 3 aliphatic heterocycles. The number of benzene rings is 3. The van der Waals surface area contributed by atoms with Crippen LogP contribution in [-0.4, -0.2) is 90.3 Å². The molecule has 3 aromatic carbocycles. The van der Waals surface area contributed by atoms with Crippen LogP contribution in [0.15, 0.2) is 54.6 Å². The van der Waals surface area contributed by atoms with Crippen molar-refractivity contribution in [3.8, 4) is 0 Å². The average molecular weight is 739 g/mol. The molecule has 278 valence electrons. The molecule has 13 heteroatoms. The number of rotatable bonds is 8. The molecule has 3 heterocycles. The number of hydrogen-bond donors (Lipinski definition) is 2. The summed E-state index contributed by atoms with van der Waals surface area (Å²) in [7, 11) is 4.02. The topological polar surface area (TPSA) is 102 Å². The van der Waals surface area contributed by atoms with Crippen LogP contribution in [0.25, 0.3) is 0 Å². The monoisotopic (exact) mass is 738 g/mol. The second-order valence-electron chi connectivity index (χ2n) is 14.5. The Hall–Kier alpha value is -4.29. The predicted octanol–water partition coefficient (Wildman–Crippen LogP) is 6.26. The molecule has 3 N–H and O–H groups in total. The van der Waals surface area contributed by atoms with Gasteiger partial charge in [-0.25, -0.2) is 4.79 Å². The van der Waals surface area contributed by atoms with Crippen molar-refractivity contribution in [2.45, 2.75) is 63.7 Å². The Balaban J connectivity index is 1.16. The van der Waals surface area contributed by atoms with Gasteiger partial charge in [0.1, 0.15) is 0 Å². The molecular formula is C39H46ClF3N6O3. The summed E-state index contributed by atoms with van der Waals surface area (Å²) in [5.41, 5.74) is 9.67. The van der Waals surface area contributed by atoms with Crippen molar-refractivity contribution in [2.75, 3.05) is 57.9 Å². The standard InChI is InChI=1S/C39H46ClF3N6O3/c1-46(2)24-25-7-8-27-9-14-48(15-10-29(27)19-25)37(51)30(20-26-21-32(39(41,42)43)36(44)33(40)22-26)23-35(50)47-16-12-31(13-17-47)49-18-11-28-5-3-4-6-34(28)45-38(49)52/h3-8,19,21-22,30-31H,9-18,20,23-24,44H2,1-2H3,(H,45,52)/t30-/m0/s1. The summed E-state index contributed by atoms with van der Waals surface area (Å²) in [5.74, 6) is -1.42. The Morgan fingerprint density at radius 2 is 1.60 bits per heavy atom. The number of carbonyl (C=O) groups is 3. The highest BCUT2D eigenvalue weighted by atomic mass is 35.5. The van der Waals surface area contributed by atoms with Crippen LogP contribution in [0.1, 0.15) is 52.6 Å². The largest absolute Gasteiger partial charge is 0.418 e. The lowest BCUT2D eigenvalue weighted by Gasteiger charge is -2.38. The number of nitrogen functional groups attached to an aromatic ring is 1. The van der Waals surface area contributed by atoms with Gasteiger partial charge in [-0.05, 0) is 98.6 Å². The Morgan fingerprint density at radius 3 is 2.31 bits per heavy atom. The third kappa shape index (κ3) is 8.66. The summed E-state index contributed by atoms with van der Waals surface area (Å²) in [6.45, 7) is 3.04. The number of carbonyl (C=O) groups excluding carboxylic acids is 3. The van der Waals surface area contributed by atoms with E-state index in [1.807, 2.05) is 43.3 Å². The first-order chi connectivity index (χ1) is 24.8. The van der Waals surface area contributed by atoms with Crippen LogP contribution in [0.3, 0.4) is 0 Å². The first kappa shape index (κ1) is 37.5. The van der Waals surface area contributed by atoms with Crippen LogP contribution in [0, 0.1) is 5.92 Å². The number of likely N-dealkylation sites (tertiary alicyclic amines) is 1. The minimum atomic E-state index is -4.74. The molecule has 0 saturated carbocycles. The molecule has 6 rings (SSSR count). The van der Waals surface area contributed by atoms with Gasteiger partial charge in [-0.1, -0.05) is 48.0 Å². The maximum absolute atomic E-state index is 14.3. The Morgan fingerprint density at radius 1 is 0.904 bits per heavy atom. The number of piperidine rings is 1. The summed E-state index contributed by atoms with van der Waals surface area (Å²) < 4.78 is 41.7. The van der Waals surface area contributed by atoms with Crippen molar-refractivity contribution in [1.29, 1.82) is 0 Å². The van der Waals surface area contributed by atoms with Gasteiger partial charge in [0.25, 0.3) is 0 Å². The van der Waals surface area contributed by atoms with E-state index in [-0.39, 0.29) is 47.3 Å². The van der Waals surface area contributed by atoms with Crippen LogP contribution in [-0.2, 0) is 48.0 Å². The van der Waals surface area contributed by atoms with Crippen molar-refractivity contribution in [1.82, 2.24) is 19.6 Å². The van der Waals surface area contributed by atoms with E-state index in [9.17, 15) is 27.6 Å². The van der Waals surface area contributed by atoms with Gasteiger partial charge >= 0.3 is 12.2 Å². The summed E-state index contributed by atoms with van der Waals surface area (Å²) in [5, 5.41) is 2.77. The molecule has 0 spiro atoms. The smallest absolute Gasteiger partial charge is 0.397 e. The molecule has 0 aliphatic carbocycles. The van der Waals surface area contributed by atoms with Crippen LogP contribution in [0.5, 0.6) is 0 Å². The molecule has 1 saturated heterocycles. The number of nitrogens with one attached hydrogen (secondary N) is 1. The fraction of sp³-hybridized carbons (Fsp3) is 0.462. The third-order valence-corrected chi connectivity index (χ3v) is 10.8. The van der Waals surface area contributed by atoms with Gasteiger partial charge in [-0.15, -0.1) is 0 Å². The number of amides is 4. The highest BCUT2D eigenvalue weighted by molar-refractivity contribution is 6.33. The fourth-order valence-corrected chi connectivity index (χ4v) is 8.03. The predicted molar refractivity (Wildman–Crippen MR) is 196 cm³/mol. The van der Waals surface area contributed by atoms with E-state index in [1.165, 1.54) is 17.2 Å². The first-order valence-corrected chi connectivity index (χ1v) is 18.3. The van der Waals surface area contributed by atoms with Gasteiger partial charge in [0.05, 0.1) is 22.2 Å². The zero-order chi connectivity index (χ0) is 37.2. The third-order valence-electron chi connectivity index (χ3n) is 10.5. The van der Waals surface area contributed by atoms with Crippen LogP contribution >= 0.6 is 11.6 Å². The van der Waals surface area contributed by atoms with Crippen molar-refractivity contribution < 1.29 is 27.6 Å². The lowest BCUT2D eigenvalue weighted by Crippen LogP contribution is -2.50. The molecule has 9 nitrogen and oxygen atoms in total. The average Bonchev–Trinajstić information content (AvgIpc) is 3.41. The van der Waals surface area contributed by atoms with E-state index in [1.54, 1.807) is 9.80 Å². The quantitative estimate of drug-likeness (QED) is 0.266. The lowest BCUT2D eigenvalue weighted by molar-refractivity contribution is -0.142. The molecule has 0 unspecified atom stereocenters. The number of hydrogen-bond acceptors (Lipinski definition) is 5. The van der Waals surface area contributed by atoms with E-state index in [0.29, 0.717) is 58.4 Å². The molecule has 52 heavy (non-hydrogen) atoms. The Kier molecular flexibility index (Phi) is 11.4. The van der Waals surface area contributed by atoms with Gasteiger partial charge in [-0.2, -0.15) is 13.2 Å². The minimum Gasteiger partial charge on any atom is -0.397 e. The molecule has 3 aromatic rings. The van der Waals surface area contributed by atoms with Crippen LogP contribution in [0.4, 0.5) is 29.3 Å². The van der Waals surface area contributed by atoms with Crippen molar-refractivity contribution in [3.05, 3.63) is 93.0 Å². The van der Waals surface area contributed by atoms with Crippen LogP contribution < -0.4 is 11.1 Å². The Bertz CT molecular complexity index is 1810. The first-order valence-electron chi connectivity index (χ1n) is 17.9.